The van der Waals surface area contributed by atoms with E-state index in [0.717, 1.165) is 0 Å². The first kappa shape index (κ1) is 12.8. The predicted octanol–water partition coefficient (Wildman–Crippen LogP) is 1.55. The van der Waals surface area contributed by atoms with E-state index >= 15 is 0 Å². The molecule has 1 aromatic carbocycles. The van der Waals surface area contributed by atoms with Crippen LogP contribution in [0.3, 0.4) is 0 Å². The summed E-state index contributed by atoms with van der Waals surface area (Å²) in [6, 6.07) is 4.18. The highest BCUT2D eigenvalue weighted by Gasteiger charge is 2.10. The van der Waals surface area contributed by atoms with Gasteiger partial charge in [0.25, 0.3) is 5.91 Å². The Morgan fingerprint density at radius 3 is 2.88 bits per heavy atom. The van der Waals surface area contributed by atoms with E-state index in [1.165, 1.54) is 18.2 Å². The monoisotopic (exact) mass is 243 g/mol. The van der Waals surface area contributed by atoms with Crippen LogP contribution in [-0.4, -0.2) is 28.8 Å². The number of hydrogen-bond donors (Lipinski definition) is 3. The molecular weight excluding hydrogens is 230 g/mol. The lowest BCUT2D eigenvalue weighted by atomic mass is 10.2. The minimum atomic E-state index is -0.458. The van der Waals surface area contributed by atoms with Crippen LogP contribution in [0.5, 0.6) is 5.75 Å². The van der Waals surface area contributed by atoms with Crippen molar-refractivity contribution in [2.45, 2.75) is 19.4 Å². The number of nitrogens with one attached hydrogen (secondary N) is 1. The summed E-state index contributed by atoms with van der Waals surface area (Å²) < 4.78 is 0. The molecule has 0 saturated heterocycles. The van der Waals surface area contributed by atoms with E-state index in [9.17, 15) is 9.90 Å². The summed E-state index contributed by atoms with van der Waals surface area (Å²) in [5.74, 6) is -0.369. The average Bonchev–Trinajstić information content (AvgIpc) is 2.21. The molecule has 88 valence electrons. The lowest BCUT2D eigenvalue weighted by molar-refractivity contribution is 0.0945. The Bertz CT molecular complexity index is 379. The first-order chi connectivity index (χ1) is 7.50. The standard InChI is InChI=1S/C11H14ClNO3/c1-7(14)4-5-13-11(16)9-6-8(15)2-3-10(9)12/h2-3,6-7,14-15H,4-5H2,1H3,(H,13,16). The quantitative estimate of drug-likeness (QED) is 0.752. The van der Waals surface area contributed by atoms with E-state index in [2.05, 4.69) is 5.32 Å². The van der Waals surface area contributed by atoms with Crippen LogP contribution in [0.25, 0.3) is 0 Å². The lowest BCUT2D eigenvalue weighted by Crippen LogP contribution is -2.26. The van der Waals surface area contributed by atoms with Crippen LogP contribution in [-0.2, 0) is 0 Å². The largest absolute Gasteiger partial charge is 0.508 e. The smallest absolute Gasteiger partial charge is 0.252 e. The summed E-state index contributed by atoms with van der Waals surface area (Å²) in [7, 11) is 0. The number of carbonyl (C=O) groups is 1. The second-order valence-corrected chi connectivity index (χ2v) is 3.96. The van der Waals surface area contributed by atoms with E-state index in [-0.39, 0.29) is 22.2 Å². The molecule has 0 bridgehead atoms. The summed E-state index contributed by atoms with van der Waals surface area (Å²) in [5, 5.41) is 21.1. The fraction of sp³-hybridized carbons (Fsp3) is 0.364. The maximum Gasteiger partial charge on any atom is 0.252 e. The Morgan fingerprint density at radius 2 is 2.25 bits per heavy atom. The van der Waals surface area contributed by atoms with Gasteiger partial charge in [0.05, 0.1) is 16.7 Å². The molecule has 0 aromatic heterocycles. The molecule has 1 aromatic rings. The number of rotatable bonds is 4. The summed E-state index contributed by atoms with van der Waals surface area (Å²) in [5.41, 5.74) is 0.229. The Morgan fingerprint density at radius 1 is 1.56 bits per heavy atom. The second kappa shape index (κ2) is 5.72. The third-order valence-electron chi connectivity index (χ3n) is 2.04. The minimum Gasteiger partial charge on any atom is -0.508 e. The summed E-state index contributed by atoms with van der Waals surface area (Å²) in [6.45, 7) is 2.01. The van der Waals surface area contributed by atoms with Crippen LogP contribution in [0.4, 0.5) is 0 Å². The van der Waals surface area contributed by atoms with Crippen LogP contribution in [0.1, 0.15) is 23.7 Å². The SMILES string of the molecule is CC(O)CCNC(=O)c1cc(O)ccc1Cl. The van der Waals surface area contributed by atoms with Gasteiger partial charge in [0, 0.05) is 6.54 Å². The number of aliphatic hydroxyl groups excluding tert-OH is 1. The van der Waals surface area contributed by atoms with Gasteiger partial charge in [-0.05, 0) is 31.5 Å². The highest BCUT2D eigenvalue weighted by atomic mass is 35.5. The third-order valence-corrected chi connectivity index (χ3v) is 2.37. The van der Waals surface area contributed by atoms with Crippen molar-refractivity contribution in [3.63, 3.8) is 0 Å². The Balaban J connectivity index is 2.62. The minimum absolute atomic E-state index is 0.00919. The molecule has 1 unspecified atom stereocenters. The first-order valence-electron chi connectivity index (χ1n) is 4.95. The lowest BCUT2D eigenvalue weighted by Gasteiger charge is -2.08. The molecule has 0 aliphatic carbocycles. The van der Waals surface area contributed by atoms with E-state index in [0.29, 0.717) is 13.0 Å². The molecule has 1 atom stereocenters. The predicted molar refractivity (Wildman–Crippen MR) is 61.7 cm³/mol. The number of phenolic OH excluding ortho intramolecular Hbond substituents is 1. The van der Waals surface area contributed by atoms with Crippen LogP contribution in [0.15, 0.2) is 18.2 Å². The average molecular weight is 244 g/mol. The summed E-state index contributed by atoms with van der Waals surface area (Å²) in [4.78, 5) is 11.6. The van der Waals surface area contributed by atoms with Gasteiger partial charge in [-0.1, -0.05) is 11.6 Å². The van der Waals surface area contributed by atoms with Crippen molar-refractivity contribution in [1.82, 2.24) is 5.32 Å². The molecule has 5 heteroatoms. The van der Waals surface area contributed by atoms with Crippen LogP contribution >= 0.6 is 11.6 Å². The van der Waals surface area contributed by atoms with Gasteiger partial charge in [0.1, 0.15) is 5.75 Å². The number of halogens is 1. The van der Waals surface area contributed by atoms with Crippen molar-refractivity contribution in [1.29, 1.82) is 0 Å². The zero-order valence-electron chi connectivity index (χ0n) is 8.90. The fourth-order valence-electron chi connectivity index (χ4n) is 1.18. The Kier molecular flexibility index (Phi) is 4.58. The normalized spacial score (nSPS) is 12.2. The topological polar surface area (TPSA) is 69.6 Å². The maximum absolute atomic E-state index is 11.6. The molecule has 0 radical (unpaired) electrons. The molecular formula is C11H14ClNO3. The van der Waals surface area contributed by atoms with Crippen LogP contribution in [0.2, 0.25) is 5.02 Å². The highest BCUT2D eigenvalue weighted by molar-refractivity contribution is 6.33. The summed E-state index contributed by atoms with van der Waals surface area (Å²) in [6.07, 6.45) is 0.0160. The number of amides is 1. The molecule has 1 rings (SSSR count). The molecule has 4 nitrogen and oxygen atoms in total. The van der Waals surface area contributed by atoms with Gasteiger partial charge in [-0.25, -0.2) is 0 Å². The third kappa shape index (κ3) is 3.72. The van der Waals surface area contributed by atoms with Crippen molar-refractivity contribution < 1.29 is 15.0 Å². The van der Waals surface area contributed by atoms with Crippen molar-refractivity contribution in [3.05, 3.63) is 28.8 Å². The highest BCUT2D eigenvalue weighted by Crippen LogP contribution is 2.20. The van der Waals surface area contributed by atoms with Crippen LogP contribution < -0.4 is 5.32 Å². The summed E-state index contributed by atoms with van der Waals surface area (Å²) >= 11 is 5.81. The van der Waals surface area contributed by atoms with Crippen molar-refractivity contribution in [2.24, 2.45) is 0 Å². The molecule has 0 aliphatic heterocycles. The number of carbonyl (C=O) groups excluding carboxylic acids is 1. The van der Waals surface area contributed by atoms with E-state index in [1.54, 1.807) is 6.92 Å². The van der Waals surface area contributed by atoms with Gasteiger partial charge in [-0.3, -0.25) is 4.79 Å². The van der Waals surface area contributed by atoms with E-state index < -0.39 is 6.10 Å². The maximum atomic E-state index is 11.6. The molecule has 16 heavy (non-hydrogen) atoms. The van der Waals surface area contributed by atoms with Gasteiger partial charge in [0.15, 0.2) is 0 Å². The second-order valence-electron chi connectivity index (χ2n) is 3.56. The van der Waals surface area contributed by atoms with Gasteiger partial charge >= 0.3 is 0 Å². The van der Waals surface area contributed by atoms with Gasteiger partial charge in [-0.15, -0.1) is 0 Å². The number of aliphatic hydroxyl groups is 1. The molecule has 0 heterocycles. The van der Waals surface area contributed by atoms with Gasteiger partial charge < -0.3 is 15.5 Å². The van der Waals surface area contributed by atoms with Crippen molar-refractivity contribution >= 4 is 17.5 Å². The molecule has 0 fully saturated rings. The zero-order chi connectivity index (χ0) is 12.1. The molecule has 0 spiro atoms. The van der Waals surface area contributed by atoms with Gasteiger partial charge in [-0.2, -0.15) is 0 Å². The number of aromatic hydroxyl groups is 1. The van der Waals surface area contributed by atoms with E-state index in [1.807, 2.05) is 0 Å². The number of benzene rings is 1. The fourth-order valence-corrected chi connectivity index (χ4v) is 1.38. The molecule has 1 amide bonds. The van der Waals surface area contributed by atoms with Crippen molar-refractivity contribution in [3.8, 4) is 5.75 Å². The van der Waals surface area contributed by atoms with Crippen LogP contribution in [0, 0.1) is 0 Å². The molecule has 0 aliphatic rings. The van der Waals surface area contributed by atoms with Gasteiger partial charge in [0.2, 0.25) is 0 Å². The molecule has 3 N–H and O–H groups in total. The zero-order valence-corrected chi connectivity index (χ0v) is 9.66. The number of hydrogen-bond acceptors (Lipinski definition) is 3. The molecule has 0 saturated carbocycles. The Labute approximate surface area is 98.9 Å². The van der Waals surface area contributed by atoms with E-state index in [4.69, 9.17) is 16.7 Å². The first-order valence-corrected chi connectivity index (χ1v) is 5.33. The Hall–Kier alpha value is -1.26. The number of phenols is 1. The van der Waals surface area contributed by atoms with Crippen molar-refractivity contribution in [2.75, 3.05) is 6.54 Å².